The van der Waals surface area contributed by atoms with Crippen molar-refractivity contribution in [3.05, 3.63) is 63.4 Å². The summed E-state index contributed by atoms with van der Waals surface area (Å²) in [5.74, 6) is 0.107. The van der Waals surface area contributed by atoms with Gasteiger partial charge >= 0.3 is 27.5 Å². The molecule has 37 heavy (non-hydrogen) atoms. The van der Waals surface area contributed by atoms with Crippen molar-refractivity contribution >= 4 is 21.8 Å². The van der Waals surface area contributed by atoms with E-state index < -0.39 is 64.2 Å². The van der Waals surface area contributed by atoms with E-state index in [4.69, 9.17) is 14.2 Å². The molecule has 2 aromatic rings. The molecule has 1 saturated heterocycles. The summed E-state index contributed by atoms with van der Waals surface area (Å²) >= 11 is 0. The van der Waals surface area contributed by atoms with Gasteiger partial charge in [-0.3, -0.25) is 23.4 Å². The average molecular weight is 566 g/mol. The fraction of sp³-hybridized carbons (Fsp3) is 0.421. The fourth-order valence-corrected chi connectivity index (χ4v) is 5.28. The molecule has 204 valence electrons. The number of para-hydroxylation sites is 1. The van der Waals surface area contributed by atoms with Gasteiger partial charge in [-0.25, -0.2) is 18.7 Å². The lowest BCUT2D eigenvalue weighted by Crippen LogP contribution is -2.41. The van der Waals surface area contributed by atoms with Crippen LogP contribution in [0.4, 0.5) is 4.79 Å². The van der Waals surface area contributed by atoms with Crippen molar-refractivity contribution in [2.45, 2.75) is 37.9 Å². The van der Waals surface area contributed by atoms with E-state index in [9.17, 15) is 38.4 Å². The number of ether oxygens (including phenoxy) is 3. The van der Waals surface area contributed by atoms with E-state index in [0.717, 1.165) is 16.8 Å². The van der Waals surface area contributed by atoms with Gasteiger partial charge in [-0.15, -0.1) is 0 Å². The first-order chi connectivity index (χ1) is 17.4. The molecule has 1 aromatic heterocycles. The Bertz CT molecular complexity index is 1280. The van der Waals surface area contributed by atoms with Crippen molar-refractivity contribution in [3.63, 3.8) is 0 Å². The average Bonchev–Trinajstić information content (AvgIpc) is 3.11. The molecular formula is C19H24N2O14P2. The van der Waals surface area contributed by atoms with Crippen molar-refractivity contribution in [3.8, 4) is 5.75 Å². The van der Waals surface area contributed by atoms with E-state index >= 15 is 0 Å². The topological polar surface area (TPSA) is 222 Å². The third kappa shape index (κ3) is 8.17. The number of phosphoric acid groups is 2. The van der Waals surface area contributed by atoms with Gasteiger partial charge in [0.25, 0.3) is 5.56 Å². The van der Waals surface area contributed by atoms with Crippen LogP contribution in [0.1, 0.15) is 19.6 Å². The van der Waals surface area contributed by atoms with Crippen LogP contribution in [0.2, 0.25) is 0 Å². The lowest BCUT2D eigenvalue weighted by Gasteiger charge is -2.21. The van der Waals surface area contributed by atoms with Gasteiger partial charge in [-0.1, -0.05) is 25.1 Å². The second kappa shape index (κ2) is 12.3. The molecule has 0 amide bonds. The molecule has 6 atom stereocenters. The summed E-state index contributed by atoms with van der Waals surface area (Å²) in [6.07, 6.45) is -6.45. The molecule has 3 rings (SSSR count). The standard InChI is InChI=1S/C19H24N2O14P2/c1-2-10-30-36(26,27)35-37(28,29)31-11-13-15(23)16(34-19(25)32-12-6-4-3-5-7-12)17(33-13)21-9-8-14(22)20-18(21)24/h3-9,13,15-17,23H,2,10-11H2,1H3,(H,26,27)(H,28,29)(H,20,22,24)/t13-,15+,16?,17-/m1/s1. The molecule has 2 heterocycles. The number of hydrogen-bond acceptors (Lipinski definition) is 12. The van der Waals surface area contributed by atoms with Crippen molar-refractivity contribution in [1.82, 2.24) is 9.55 Å². The Hall–Kier alpha value is -2.65. The molecule has 0 aliphatic carbocycles. The second-order valence-electron chi connectivity index (χ2n) is 7.47. The molecule has 18 heteroatoms. The number of benzene rings is 1. The Morgan fingerprint density at radius 2 is 1.78 bits per heavy atom. The van der Waals surface area contributed by atoms with Crippen LogP contribution in [-0.4, -0.2) is 62.1 Å². The SMILES string of the molecule is CCCOP(=O)(O)OP(=O)(O)OC[C@H]1O[C@@H](n2ccc(=O)[nH]c2=O)C(OC(=O)Oc2ccccc2)[C@H]1O. The molecule has 16 nitrogen and oxygen atoms in total. The number of nitrogens with one attached hydrogen (secondary N) is 1. The van der Waals surface area contributed by atoms with E-state index in [-0.39, 0.29) is 12.4 Å². The van der Waals surface area contributed by atoms with E-state index in [1.54, 1.807) is 25.1 Å². The molecule has 0 saturated carbocycles. The highest BCUT2D eigenvalue weighted by atomic mass is 31.3. The summed E-state index contributed by atoms with van der Waals surface area (Å²) in [4.78, 5) is 57.3. The van der Waals surface area contributed by atoms with Crippen molar-refractivity contribution in [2.75, 3.05) is 13.2 Å². The van der Waals surface area contributed by atoms with Gasteiger partial charge in [0.2, 0.25) is 0 Å². The normalized spacial score (nSPS) is 24.6. The highest BCUT2D eigenvalue weighted by molar-refractivity contribution is 7.61. The molecule has 1 aliphatic heterocycles. The van der Waals surface area contributed by atoms with Crippen LogP contribution in [0, 0.1) is 0 Å². The zero-order chi connectivity index (χ0) is 27.2. The van der Waals surface area contributed by atoms with Gasteiger partial charge in [0, 0.05) is 12.3 Å². The van der Waals surface area contributed by atoms with E-state index in [0.29, 0.717) is 6.42 Å². The first kappa shape index (κ1) is 28.9. The Morgan fingerprint density at radius 1 is 1.11 bits per heavy atom. The van der Waals surface area contributed by atoms with Gasteiger partial charge in [0.1, 0.15) is 18.0 Å². The largest absolute Gasteiger partial charge is 0.514 e. The first-order valence-corrected chi connectivity index (χ1v) is 13.6. The third-order valence-electron chi connectivity index (χ3n) is 4.68. The number of carbonyl (C=O) groups is 1. The van der Waals surface area contributed by atoms with E-state index in [2.05, 4.69) is 13.4 Å². The van der Waals surface area contributed by atoms with Crippen molar-refractivity contribution in [2.24, 2.45) is 0 Å². The molecule has 1 aliphatic rings. The molecule has 1 fully saturated rings. The highest BCUT2D eigenvalue weighted by Gasteiger charge is 2.49. The number of aromatic nitrogens is 2. The van der Waals surface area contributed by atoms with Gasteiger partial charge in [-0.2, -0.15) is 4.31 Å². The minimum absolute atomic E-state index is 0.107. The second-order valence-corrected chi connectivity index (χ2v) is 10.5. The molecule has 0 bridgehead atoms. The number of carbonyl (C=O) groups excluding carboxylic acids is 1. The fourth-order valence-electron chi connectivity index (χ4n) is 3.11. The number of H-pyrrole nitrogens is 1. The summed E-state index contributed by atoms with van der Waals surface area (Å²) in [5, 5.41) is 10.7. The van der Waals surface area contributed by atoms with Crippen LogP contribution in [0.25, 0.3) is 0 Å². The first-order valence-electron chi connectivity index (χ1n) is 10.7. The number of nitrogens with zero attached hydrogens (tertiary/aromatic N) is 1. The molecule has 0 radical (unpaired) electrons. The van der Waals surface area contributed by atoms with Crippen LogP contribution in [0.5, 0.6) is 5.75 Å². The maximum atomic E-state index is 12.3. The number of rotatable bonds is 11. The van der Waals surface area contributed by atoms with Gasteiger partial charge in [-0.05, 0) is 18.6 Å². The van der Waals surface area contributed by atoms with Crippen LogP contribution in [0.15, 0.2) is 52.2 Å². The van der Waals surface area contributed by atoms with E-state index in [1.165, 1.54) is 12.1 Å². The Balaban J connectivity index is 1.76. The lowest BCUT2D eigenvalue weighted by atomic mass is 10.1. The molecule has 1 aromatic carbocycles. The Labute approximate surface area is 208 Å². The minimum Gasteiger partial charge on any atom is -0.423 e. The molecular weight excluding hydrogens is 542 g/mol. The third-order valence-corrected chi connectivity index (χ3v) is 7.32. The van der Waals surface area contributed by atoms with E-state index in [1.807, 2.05) is 4.98 Å². The Morgan fingerprint density at radius 3 is 2.43 bits per heavy atom. The lowest BCUT2D eigenvalue weighted by molar-refractivity contribution is -0.0605. The number of aliphatic hydroxyl groups excluding tert-OH is 1. The smallest absolute Gasteiger partial charge is 0.423 e. The molecule has 4 N–H and O–H groups in total. The van der Waals surface area contributed by atoms with Crippen LogP contribution in [0.3, 0.4) is 0 Å². The van der Waals surface area contributed by atoms with Crippen molar-refractivity contribution < 1.29 is 56.4 Å². The summed E-state index contributed by atoms with van der Waals surface area (Å²) < 4.78 is 53.6. The summed E-state index contributed by atoms with van der Waals surface area (Å²) in [6, 6.07) is 8.70. The zero-order valence-electron chi connectivity index (χ0n) is 19.1. The zero-order valence-corrected chi connectivity index (χ0v) is 20.9. The quantitative estimate of drug-likeness (QED) is 0.170. The maximum Gasteiger partial charge on any atom is 0.514 e. The monoisotopic (exact) mass is 566 g/mol. The van der Waals surface area contributed by atoms with Gasteiger partial charge < -0.3 is 29.1 Å². The van der Waals surface area contributed by atoms with Gasteiger partial charge in [0.05, 0.1) is 13.2 Å². The predicted molar refractivity (Wildman–Crippen MR) is 122 cm³/mol. The number of hydrogen-bond donors (Lipinski definition) is 4. The minimum atomic E-state index is -5.21. The van der Waals surface area contributed by atoms with Crippen LogP contribution in [-0.2, 0) is 32.0 Å². The molecule has 0 spiro atoms. The summed E-state index contributed by atoms with van der Waals surface area (Å²) in [5.41, 5.74) is -1.72. The Kier molecular flexibility index (Phi) is 9.58. The number of aromatic amines is 1. The van der Waals surface area contributed by atoms with Crippen molar-refractivity contribution in [1.29, 1.82) is 0 Å². The van der Waals surface area contributed by atoms with Gasteiger partial charge in [0.15, 0.2) is 12.3 Å². The maximum absolute atomic E-state index is 12.3. The summed E-state index contributed by atoms with van der Waals surface area (Å²) in [6.45, 7) is 0.447. The summed E-state index contributed by atoms with van der Waals surface area (Å²) in [7, 11) is -10.2. The molecule has 3 unspecified atom stereocenters. The number of phosphoric ester groups is 2. The van der Waals surface area contributed by atoms with Crippen LogP contribution >= 0.6 is 15.6 Å². The highest BCUT2D eigenvalue weighted by Crippen LogP contribution is 2.60. The van der Waals surface area contributed by atoms with Crippen LogP contribution < -0.4 is 16.0 Å². The number of aliphatic hydroxyl groups is 1. The predicted octanol–water partition coefficient (Wildman–Crippen LogP) is 1.04.